The Kier molecular flexibility index (Phi) is 3.71. The Bertz CT molecular complexity index is 821. The van der Waals surface area contributed by atoms with Gasteiger partial charge in [0.15, 0.2) is 5.65 Å². The van der Waals surface area contributed by atoms with Crippen LogP contribution in [0.2, 0.25) is 0 Å². The number of fused-ring (bicyclic) bond motifs is 1. The number of phenols is 1. The Balaban J connectivity index is 1.73. The predicted octanol–water partition coefficient (Wildman–Crippen LogP) is 2.34. The first-order valence-corrected chi connectivity index (χ1v) is 8.09. The van der Waals surface area contributed by atoms with E-state index in [1.165, 1.54) is 6.42 Å². The molecule has 3 heterocycles. The van der Waals surface area contributed by atoms with Gasteiger partial charge >= 0.3 is 0 Å². The molecule has 4 rings (SSSR count). The van der Waals surface area contributed by atoms with Crippen LogP contribution in [0.4, 0.5) is 0 Å². The van der Waals surface area contributed by atoms with Crippen LogP contribution in [0.3, 0.4) is 0 Å². The number of imidazole rings is 1. The Morgan fingerprint density at radius 2 is 2.13 bits per heavy atom. The molecule has 2 N–H and O–H groups in total. The maximum atomic E-state index is 10.1. The van der Waals surface area contributed by atoms with E-state index >= 15 is 0 Å². The molecule has 23 heavy (non-hydrogen) atoms. The smallest absolute Gasteiger partial charge is 0.160 e. The summed E-state index contributed by atoms with van der Waals surface area (Å²) in [4.78, 5) is 9.29. The normalized spacial score (nSPS) is 17.8. The molecule has 0 radical (unpaired) electrons. The fourth-order valence-electron chi connectivity index (χ4n) is 3.29. The van der Waals surface area contributed by atoms with Gasteiger partial charge in [-0.3, -0.25) is 0 Å². The van der Waals surface area contributed by atoms with E-state index in [-0.39, 0.29) is 0 Å². The lowest BCUT2D eigenvalue weighted by Crippen LogP contribution is -2.16. The summed E-state index contributed by atoms with van der Waals surface area (Å²) in [5, 5.41) is 13.5. The topological polar surface area (TPSA) is 63.0 Å². The number of nitrogens with zero attached hydrogens (tertiary/aromatic N) is 3. The monoisotopic (exact) mass is 308 g/mol. The van der Waals surface area contributed by atoms with E-state index in [4.69, 9.17) is 4.98 Å². The second kappa shape index (κ2) is 6.01. The molecule has 1 aromatic carbocycles. The van der Waals surface area contributed by atoms with Crippen molar-refractivity contribution in [3.05, 3.63) is 54.0 Å². The number of pyridine rings is 1. The molecule has 0 amide bonds. The molecule has 118 valence electrons. The number of para-hydroxylation sites is 1. The van der Waals surface area contributed by atoms with E-state index in [2.05, 4.69) is 14.9 Å². The summed E-state index contributed by atoms with van der Waals surface area (Å²) in [5.74, 6) is 1.89. The van der Waals surface area contributed by atoms with Gasteiger partial charge in [0, 0.05) is 24.7 Å². The molecule has 0 spiro atoms. The molecule has 5 nitrogen and oxygen atoms in total. The van der Waals surface area contributed by atoms with Crippen LogP contribution in [0.5, 0.6) is 5.75 Å². The van der Waals surface area contributed by atoms with Gasteiger partial charge in [0.2, 0.25) is 0 Å². The highest BCUT2D eigenvalue weighted by atomic mass is 16.3. The van der Waals surface area contributed by atoms with Crippen molar-refractivity contribution in [2.45, 2.75) is 19.4 Å². The lowest BCUT2D eigenvalue weighted by atomic mass is 10.1. The summed E-state index contributed by atoms with van der Waals surface area (Å²) in [6, 6.07) is 11.4. The summed E-state index contributed by atoms with van der Waals surface area (Å²) in [6.45, 7) is 3.05. The second-order valence-corrected chi connectivity index (χ2v) is 6.15. The first-order valence-electron chi connectivity index (χ1n) is 8.09. The summed E-state index contributed by atoms with van der Waals surface area (Å²) < 4.78 is 2.22. The van der Waals surface area contributed by atoms with Crippen molar-refractivity contribution in [2.24, 2.45) is 5.92 Å². The van der Waals surface area contributed by atoms with Crippen LogP contribution in [0.1, 0.15) is 17.8 Å². The minimum atomic E-state index is 0.321. The van der Waals surface area contributed by atoms with Crippen molar-refractivity contribution >= 4 is 11.2 Å². The maximum absolute atomic E-state index is 10.1. The Morgan fingerprint density at radius 1 is 1.22 bits per heavy atom. The Morgan fingerprint density at radius 3 is 2.96 bits per heavy atom. The molecule has 1 fully saturated rings. The summed E-state index contributed by atoms with van der Waals surface area (Å²) in [5.41, 5.74) is 2.75. The van der Waals surface area contributed by atoms with Crippen LogP contribution in [0.15, 0.2) is 42.6 Å². The van der Waals surface area contributed by atoms with E-state index in [0.29, 0.717) is 18.1 Å². The molecule has 3 aromatic rings. The summed E-state index contributed by atoms with van der Waals surface area (Å²) >= 11 is 0. The third kappa shape index (κ3) is 2.80. The SMILES string of the molecule is Oc1ccccc1Cc1nc2cccnc2n1CC1CCNC1. The van der Waals surface area contributed by atoms with Gasteiger partial charge in [-0.2, -0.15) is 0 Å². The lowest BCUT2D eigenvalue weighted by molar-refractivity contribution is 0.463. The molecule has 0 saturated carbocycles. The van der Waals surface area contributed by atoms with E-state index < -0.39 is 0 Å². The van der Waals surface area contributed by atoms with Crippen LogP contribution < -0.4 is 5.32 Å². The van der Waals surface area contributed by atoms with Crippen LogP contribution in [-0.4, -0.2) is 32.7 Å². The highest BCUT2D eigenvalue weighted by Crippen LogP contribution is 2.23. The van der Waals surface area contributed by atoms with Crippen molar-refractivity contribution in [3.63, 3.8) is 0 Å². The number of hydrogen-bond donors (Lipinski definition) is 2. The van der Waals surface area contributed by atoms with E-state index in [1.54, 1.807) is 6.07 Å². The van der Waals surface area contributed by atoms with Crippen LogP contribution in [-0.2, 0) is 13.0 Å². The van der Waals surface area contributed by atoms with Gasteiger partial charge in [-0.05, 0) is 43.6 Å². The lowest BCUT2D eigenvalue weighted by Gasteiger charge is -2.13. The van der Waals surface area contributed by atoms with Gasteiger partial charge < -0.3 is 15.0 Å². The number of rotatable bonds is 4. The van der Waals surface area contributed by atoms with Crippen LogP contribution in [0.25, 0.3) is 11.2 Å². The standard InChI is InChI=1S/C18H20N4O/c23-16-6-2-1-4-14(16)10-17-21-15-5-3-8-20-18(15)22(17)12-13-7-9-19-11-13/h1-6,8,13,19,23H,7,9-12H2. The minimum Gasteiger partial charge on any atom is -0.508 e. The molecule has 0 aliphatic carbocycles. The van der Waals surface area contributed by atoms with Crippen molar-refractivity contribution < 1.29 is 5.11 Å². The first-order chi connectivity index (χ1) is 11.3. The number of aromatic nitrogens is 3. The number of benzene rings is 1. The average Bonchev–Trinajstić information content (AvgIpc) is 3.19. The van der Waals surface area contributed by atoms with Crippen molar-refractivity contribution in [3.8, 4) is 5.75 Å². The van der Waals surface area contributed by atoms with E-state index in [1.807, 2.05) is 36.5 Å². The summed E-state index contributed by atoms with van der Waals surface area (Å²) in [6.07, 6.45) is 3.61. The molecule has 2 aromatic heterocycles. The highest BCUT2D eigenvalue weighted by Gasteiger charge is 2.20. The number of aromatic hydroxyl groups is 1. The van der Waals surface area contributed by atoms with E-state index in [9.17, 15) is 5.11 Å². The zero-order chi connectivity index (χ0) is 15.6. The van der Waals surface area contributed by atoms with Gasteiger partial charge in [-0.25, -0.2) is 9.97 Å². The number of nitrogens with one attached hydrogen (secondary N) is 1. The third-order valence-corrected chi connectivity index (χ3v) is 4.53. The van der Waals surface area contributed by atoms with E-state index in [0.717, 1.165) is 42.2 Å². The molecule has 0 bridgehead atoms. The quantitative estimate of drug-likeness (QED) is 0.776. The molecular formula is C18H20N4O. The van der Waals surface area contributed by atoms with Gasteiger partial charge in [0.05, 0.1) is 0 Å². The van der Waals surface area contributed by atoms with Crippen LogP contribution in [0, 0.1) is 5.92 Å². The molecule has 1 aliphatic rings. The maximum Gasteiger partial charge on any atom is 0.160 e. The number of phenolic OH excluding ortho intramolecular Hbond substituents is 1. The third-order valence-electron chi connectivity index (χ3n) is 4.53. The molecule has 1 saturated heterocycles. The fraction of sp³-hybridized carbons (Fsp3) is 0.333. The van der Waals surface area contributed by atoms with Gasteiger partial charge in [-0.15, -0.1) is 0 Å². The molecular weight excluding hydrogens is 288 g/mol. The van der Waals surface area contributed by atoms with Crippen LogP contribution >= 0.6 is 0 Å². The molecule has 1 aliphatic heterocycles. The largest absolute Gasteiger partial charge is 0.508 e. The van der Waals surface area contributed by atoms with Crippen molar-refractivity contribution in [2.75, 3.05) is 13.1 Å². The zero-order valence-electron chi connectivity index (χ0n) is 12.9. The van der Waals surface area contributed by atoms with Crippen molar-refractivity contribution in [1.82, 2.24) is 19.9 Å². The fourth-order valence-corrected chi connectivity index (χ4v) is 3.29. The zero-order valence-corrected chi connectivity index (χ0v) is 12.9. The minimum absolute atomic E-state index is 0.321. The van der Waals surface area contributed by atoms with Gasteiger partial charge in [0.25, 0.3) is 0 Å². The van der Waals surface area contributed by atoms with Crippen molar-refractivity contribution in [1.29, 1.82) is 0 Å². The highest BCUT2D eigenvalue weighted by molar-refractivity contribution is 5.71. The predicted molar refractivity (Wildman–Crippen MR) is 89.4 cm³/mol. The Labute approximate surface area is 135 Å². The van der Waals surface area contributed by atoms with Gasteiger partial charge in [0.1, 0.15) is 17.1 Å². The number of hydrogen-bond acceptors (Lipinski definition) is 4. The average molecular weight is 308 g/mol. The molecule has 1 atom stereocenters. The molecule has 1 unspecified atom stereocenters. The van der Waals surface area contributed by atoms with Gasteiger partial charge in [-0.1, -0.05) is 18.2 Å². The summed E-state index contributed by atoms with van der Waals surface area (Å²) in [7, 11) is 0. The Hall–Kier alpha value is -2.40. The second-order valence-electron chi connectivity index (χ2n) is 6.15. The first kappa shape index (κ1) is 14.2. The molecule has 5 heteroatoms.